The molecule has 1 aromatic heterocycles. The van der Waals surface area contributed by atoms with Crippen LogP contribution in [0.1, 0.15) is 5.69 Å². The first-order valence-electron chi connectivity index (χ1n) is 2.70. The van der Waals surface area contributed by atoms with E-state index in [4.69, 9.17) is 0 Å². The number of nitrogens with one attached hydrogen (secondary N) is 1. The Balaban J connectivity index is 3.10. The molecule has 1 aromatic rings. The average molecular weight is 246 g/mol. The molecule has 0 saturated carbocycles. The summed E-state index contributed by atoms with van der Waals surface area (Å²) in [6.07, 6.45) is 1.58. The molecule has 0 aromatic carbocycles. The van der Waals surface area contributed by atoms with Gasteiger partial charge in [-0.2, -0.15) is 0 Å². The zero-order chi connectivity index (χ0) is 7.56. The summed E-state index contributed by atoms with van der Waals surface area (Å²) in [5.74, 6) is 0. The Morgan fingerprint density at radius 2 is 2.20 bits per heavy atom. The topological polar surface area (TPSA) is 49.9 Å². The van der Waals surface area contributed by atoms with Gasteiger partial charge in [0, 0.05) is 0 Å². The van der Waals surface area contributed by atoms with Crippen molar-refractivity contribution in [3.8, 4) is 0 Å². The van der Waals surface area contributed by atoms with E-state index in [2.05, 4.69) is 11.6 Å². The Bertz CT molecular complexity index is 303. The minimum absolute atomic E-state index is 0.345. The summed E-state index contributed by atoms with van der Waals surface area (Å²) in [4.78, 5) is 2.70. The third-order valence-corrected chi connectivity index (χ3v) is 2.98. The van der Waals surface area contributed by atoms with Gasteiger partial charge in [0.15, 0.2) is 0 Å². The van der Waals surface area contributed by atoms with Crippen LogP contribution < -0.4 is 3.64 Å². The van der Waals surface area contributed by atoms with Gasteiger partial charge in [-0.3, -0.25) is 0 Å². The molecule has 0 aliphatic heterocycles. The van der Waals surface area contributed by atoms with Crippen LogP contribution in [-0.4, -0.2) is 25.2 Å². The number of aromatic amines is 1. The summed E-state index contributed by atoms with van der Waals surface area (Å²) in [5, 5.41) is 0. The molecule has 1 N–H and O–H groups in total. The van der Waals surface area contributed by atoms with Gasteiger partial charge < -0.3 is 0 Å². The van der Waals surface area contributed by atoms with E-state index in [-0.39, 0.29) is 0 Å². The van der Waals surface area contributed by atoms with Crippen LogP contribution in [0, 0.1) is 0 Å². The SMILES string of the molecule is C=Cc1cc[c]([Sb](=[O])=[O])[nH]1. The van der Waals surface area contributed by atoms with Crippen LogP contribution in [0.25, 0.3) is 6.08 Å². The Kier molecular flexibility index (Phi) is 2.28. The van der Waals surface area contributed by atoms with Crippen molar-refractivity contribution < 1.29 is 6.03 Å². The van der Waals surface area contributed by atoms with Gasteiger partial charge in [0.05, 0.1) is 0 Å². The fraction of sp³-hybridized carbons (Fsp3) is 0. The monoisotopic (exact) mass is 245 g/mol. The molecule has 0 bridgehead atoms. The molecule has 0 aliphatic carbocycles. The number of H-pyrrole nitrogens is 1. The van der Waals surface area contributed by atoms with Gasteiger partial charge in [0.25, 0.3) is 0 Å². The van der Waals surface area contributed by atoms with E-state index < -0.39 is 20.2 Å². The molecule has 52 valence electrons. The maximum atomic E-state index is 10.4. The van der Waals surface area contributed by atoms with Crippen LogP contribution in [0.2, 0.25) is 0 Å². The fourth-order valence-corrected chi connectivity index (χ4v) is 1.81. The molecular formula is C6H6NO2Sb. The zero-order valence-electron chi connectivity index (χ0n) is 5.20. The number of hydrogen-bond donors (Lipinski definition) is 1. The summed E-state index contributed by atoms with van der Waals surface area (Å²) in [6, 6.07) is 3.25. The van der Waals surface area contributed by atoms with Crippen LogP contribution in [0.3, 0.4) is 0 Å². The van der Waals surface area contributed by atoms with E-state index >= 15 is 0 Å². The standard InChI is InChI=1S/C6H6N.2O.Sb/c1-2-6-4-3-5-7-6;;;/h2-4,7H,1H2;;;. The van der Waals surface area contributed by atoms with Crippen molar-refractivity contribution in [2.75, 3.05) is 0 Å². The molecule has 0 unspecified atom stereocenters. The Labute approximate surface area is 65.5 Å². The molecular weight excluding hydrogens is 240 g/mol. The van der Waals surface area contributed by atoms with Gasteiger partial charge in [0.2, 0.25) is 0 Å². The molecule has 4 heteroatoms. The minimum atomic E-state index is -3.51. The average Bonchev–Trinajstić information content (AvgIpc) is 2.34. The first kappa shape index (κ1) is 7.54. The van der Waals surface area contributed by atoms with E-state index in [1.165, 1.54) is 0 Å². The van der Waals surface area contributed by atoms with Crippen LogP contribution >= 0.6 is 0 Å². The molecule has 0 aliphatic rings. The summed E-state index contributed by atoms with van der Waals surface area (Å²) in [6.45, 7) is 3.49. The van der Waals surface area contributed by atoms with E-state index in [1.54, 1.807) is 18.2 Å². The van der Waals surface area contributed by atoms with E-state index in [0.717, 1.165) is 5.69 Å². The summed E-state index contributed by atoms with van der Waals surface area (Å²) in [5.41, 5.74) is 0.746. The molecule has 1 rings (SSSR count). The third kappa shape index (κ3) is 1.48. The molecule has 1 heterocycles. The van der Waals surface area contributed by atoms with Gasteiger partial charge in [-0.05, 0) is 0 Å². The Hall–Kier alpha value is -0.562. The molecule has 3 nitrogen and oxygen atoms in total. The van der Waals surface area contributed by atoms with E-state index in [1.807, 2.05) is 0 Å². The van der Waals surface area contributed by atoms with Crippen molar-refractivity contribution in [3.63, 3.8) is 0 Å². The first-order chi connectivity index (χ1) is 4.74. The predicted octanol–water partition coefficient (Wildman–Crippen LogP) is 0.214. The quantitative estimate of drug-likeness (QED) is 0.758. The first-order valence-corrected chi connectivity index (χ1v) is 6.06. The summed E-state index contributed by atoms with van der Waals surface area (Å²) >= 11 is -3.51. The van der Waals surface area contributed by atoms with Gasteiger partial charge in [-0.25, -0.2) is 0 Å². The third-order valence-electron chi connectivity index (χ3n) is 1.11. The van der Waals surface area contributed by atoms with E-state index in [0.29, 0.717) is 3.64 Å². The second kappa shape index (κ2) is 3.02. The molecule has 0 radical (unpaired) electrons. The van der Waals surface area contributed by atoms with E-state index in [9.17, 15) is 6.03 Å². The van der Waals surface area contributed by atoms with Gasteiger partial charge in [0.1, 0.15) is 0 Å². The molecule has 0 atom stereocenters. The van der Waals surface area contributed by atoms with Crippen molar-refractivity contribution in [2.45, 2.75) is 0 Å². The van der Waals surface area contributed by atoms with Crippen molar-refractivity contribution in [1.29, 1.82) is 0 Å². The molecule has 0 saturated heterocycles. The Morgan fingerprint density at radius 3 is 2.50 bits per heavy atom. The second-order valence-electron chi connectivity index (χ2n) is 1.76. The van der Waals surface area contributed by atoms with Crippen molar-refractivity contribution in [1.82, 2.24) is 4.98 Å². The number of rotatable bonds is 2. The van der Waals surface area contributed by atoms with Gasteiger partial charge in [-0.1, -0.05) is 0 Å². The van der Waals surface area contributed by atoms with Crippen LogP contribution in [0.4, 0.5) is 0 Å². The predicted molar refractivity (Wildman–Crippen MR) is 37.6 cm³/mol. The van der Waals surface area contributed by atoms with Crippen molar-refractivity contribution >= 4 is 29.9 Å². The number of hydrogen-bond acceptors (Lipinski definition) is 2. The van der Waals surface area contributed by atoms with Gasteiger partial charge >= 0.3 is 65.3 Å². The zero-order valence-corrected chi connectivity index (χ0v) is 7.76. The maximum absolute atomic E-state index is 10.4. The van der Waals surface area contributed by atoms with Gasteiger partial charge in [-0.15, -0.1) is 0 Å². The van der Waals surface area contributed by atoms with Crippen molar-refractivity contribution in [2.24, 2.45) is 0 Å². The molecule has 0 spiro atoms. The normalized spacial score (nSPS) is 9.20. The second-order valence-corrected chi connectivity index (χ2v) is 4.60. The van der Waals surface area contributed by atoms with Crippen LogP contribution in [0.15, 0.2) is 18.7 Å². The molecule has 10 heavy (non-hydrogen) atoms. The summed E-state index contributed by atoms with van der Waals surface area (Å²) in [7, 11) is 0. The molecule has 0 amide bonds. The number of aromatic nitrogens is 1. The van der Waals surface area contributed by atoms with Crippen LogP contribution in [-0.2, 0) is 6.03 Å². The summed E-state index contributed by atoms with van der Waals surface area (Å²) < 4.78 is 21.2. The van der Waals surface area contributed by atoms with Crippen LogP contribution in [0.5, 0.6) is 0 Å². The Morgan fingerprint density at radius 1 is 1.50 bits per heavy atom. The fourth-order valence-electron chi connectivity index (χ4n) is 0.626. The van der Waals surface area contributed by atoms with Crippen molar-refractivity contribution in [3.05, 3.63) is 24.4 Å². The molecule has 0 fully saturated rings.